The minimum Gasteiger partial charge on any atom is -0.390 e. The third-order valence-corrected chi connectivity index (χ3v) is 10.4. The lowest BCUT2D eigenvalue weighted by Crippen LogP contribution is -2.40. The van der Waals surface area contributed by atoms with Gasteiger partial charge in [-0.3, -0.25) is 28.0 Å². The maximum absolute atomic E-state index is 16.1. The molecule has 3 aliphatic heterocycles. The van der Waals surface area contributed by atoms with E-state index < -0.39 is 68.0 Å². The number of aromatic amines is 1. The topological polar surface area (TPSA) is 265 Å². The zero-order valence-electron chi connectivity index (χ0n) is 21.6. The summed E-state index contributed by atoms with van der Waals surface area (Å²) in [7, 11) is -5.43. The number of aliphatic hydroxyl groups excluding tert-OH is 2. The highest BCUT2D eigenvalue weighted by atomic mass is 31.2. The Hall–Kier alpha value is -3.15. The van der Waals surface area contributed by atoms with E-state index in [1.54, 1.807) is 0 Å². The zero-order valence-corrected chi connectivity index (χ0v) is 23.4. The van der Waals surface area contributed by atoms with E-state index >= 15 is 4.39 Å². The van der Waals surface area contributed by atoms with Gasteiger partial charge < -0.3 is 31.3 Å². The number of nitrogens with two attached hydrogens (primary N) is 2. The Morgan fingerprint density at radius 2 is 2.00 bits per heavy atom. The fraction of sp³-hybridized carbons (Fsp3) is 0.524. The normalized spacial score (nSPS) is 36.2. The van der Waals surface area contributed by atoms with Crippen LogP contribution in [0.15, 0.2) is 17.4 Å². The summed E-state index contributed by atoms with van der Waals surface area (Å²) in [5.41, 5.74) is 10.2. The Bertz CT molecular complexity index is 1820. The lowest BCUT2D eigenvalue weighted by Gasteiger charge is -2.34. The van der Waals surface area contributed by atoms with E-state index in [1.165, 1.54) is 17.8 Å². The van der Waals surface area contributed by atoms with Gasteiger partial charge >= 0.3 is 7.82 Å². The first-order valence-corrected chi connectivity index (χ1v) is 15.5. The number of hydrogen-bond acceptors (Lipinski definition) is 14. The molecular weight excluding hydrogens is 601 g/mol. The lowest BCUT2D eigenvalue weighted by atomic mass is 10.0. The molecule has 0 aromatic carbocycles. The van der Waals surface area contributed by atoms with Gasteiger partial charge in [0.15, 0.2) is 40.5 Å². The molecule has 3 unspecified atom stereocenters. The fourth-order valence-corrected chi connectivity index (χ4v) is 8.33. The highest BCUT2D eigenvalue weighted by Gasteiger charge is 2.57. The zero-order chi connectivity index (χ0) is 29.7. The van der Waals surface area contributed by atoms with Crippen molar-refractivity contribution in [1.82, 2.24) is 39.0 Å². The Kier molecular flexibility index (Phi) is 6.38. The van der Waals surface area contributed by atoms with Crippen LogP contribution in [-0.4, -0.2) is 90.4 Å². The molecule has 3 bridgehead atoms. The van der Waals surface area contributed by atoms with Crippen molar-refractivity contribution in [3.8, 4) is 0 Å². The van der Waals surface area contributed by atoms with Crippen LogP contribution in [-0.2, 0) is 18.3 Å². The Labute approximate surface area is 235 Å². The number of anilines is 2. The number of nitrogens with one attached hydrogen (secondary N) is 1. The van der Waals surface area contributed by atoms with Gasteiger partial charge in [0.05, 0.1) is 12.4 Å². The molecule has 0 spiro atoms. The standard InChI is InChI=1S/C21H25FN10O8P2/c1-5-7(22)11(19(35)31-4-27-9-16(31)29-21(24)30-18(9)34)39-42(36,37)40-13-12-10(33)6(2-41-5)20(38-12)32-15-8(28-17(13)32)14(23)25-3-26-15/h3-7,10-13,19-20,33,35,41H,2H2,1H3,(H,36,37)(H2,23,25,26)(H3,24,29,30,34)/t5?,6-,7-,10+,11-,12+,13+,19-,20-/m1/s1. The number of alkyl halides is 1. The third-order valence-electron chi connectivity index (χ3n) is 7.78. The molecule has 18 nitrogen and oxygen atoms in total. The predicted octanol–water partition coefficient (Wildman–Crippen LogP) is -0.535. The van der Waals surface area contributed by atoms with E-state index in [-0.39, 0.29) is 54.7 Å². The van der Waals surface area contributed by atoms with Crippen molar-refractivity contribution in [1.29, 1.82) is 0 Å². The van der Waals surface area contributed by atoms with Crippen LogP contribution in [0.25, 0.3) is 22.3 Å². The molecule has 0 saturated carbocycles. The molecule has 11 atom stereocenters. The number of aromatic nitrogens is 8. The first kappa shape index (κ1) is 27.7. The predicted molar refractivity (Wildman–Crippen MR) is 143 cm³/mol. The SMILES string of the molecule is CC1PC[C@@H]2[C@H](O)[C@@H]3O[C@H]2n2c(nc4c(N)ncnc42)[C@H]3OP(=O)(O)O[C@@H]([C@@H](O)n2cnc3c(=O)[nH]c(N)nc32)[C@@H]1F. The molecule has 21 heteroatoms. The smallest absolute Gasteiger partial charge is 0.390 e. The summed E-state index contributed by atoms with van der Waals surface area (Å²) in [6, 6.07) is 0. The summed E-state index contributed by atoms with van der Waals surface area (Å²) in [5.74, 6) is -0.746. The summed E-state index contributed by atoms with van der Waals surface area (Å²) in [4.78, 5) is 46.0. The van der Waals surface area contributed by atoms with Crippen LogP contribution < -0.4 is 17.0 Å². The number of ether oxygens (including phenoxy) is 1. The molecule has 0 amide bonds. The third kappa shape index (κ3) is 4.15. The van der Waals surface area contributed by atoms with Crippen LogP contribution in [0.1, 0.15) is 31.3 Å². The maximum Gasteiger partial charge on any atom is 0.473 e. The summed E-state index contributed by atoms with van der Waals surface area (Å²) >= 11 is 0. The summed E-state index contributed by atoms with van der Waals surface area (Å²) in [6.45, 7) is 1.54. The van der Waals surface area contributed by atoms with E-state index in [0.717, 1.165) is 10.9 Å². The van der Waals surface area contributed by atoms with Crippen molar-refractivity contribution in [2.45, 2.75) is 55.6 Å². The van der Waals surface area contributed by atoms with Gasteiger partial charge in [0.2, 0.25) is 5.95 Å². The van der Waals surface area contributed by atoms with Crippen LogP contribution in [0.5, 0.6) is 0 Å². The molecule has 224 valence electrons. The van der Waals surface area contributed by atoms with E-state index in [9.17, 15) is 24.5 Å². The maximum atomic E-state index is 16.1. The highest BCUT2D eigenvalue weighted by Crippen LogP contribution is 2.58. The van der Waals surface area contributed by atoms with Crippen molar-refractivity contribution in [3.05, 3.63) is 28.8 Å². The monoisotopic (exact) mass is 626 g/mol. The second-order valence-electron chi connectivity index (χ2n) is 10.3. The molecular formula is C21H25FN10O8P2. The number of nitrogens with zero attached hydrogens (tertiary/aromatic N) is 7. The number of halogens is 1. The van der Waals surface area contributed by atoms with E-state index in [2.05, 4.69) is 29.9 Å². The number of hydrogen-bond donors (Lipinski definition) is 6. The van der Waals surface area contributed by atoms with Gasteiger partial charge in [0.1, 0.15) is 36.8 Å². The molecule has 7 rings (SSSR count). The molecule has 7 heterocycles. The number of aliphatic hydroxyl groups is 2. The number of phosphoric ester groups is 1. The largest absolute Gasteiger partial charge is 0.473 e. The van der Waals surface area contributed by atoms with Crippen molar-refractivity contribution in [2.24, 2.45) is 5.92 Å². The number of rotatable bonds is 2. The first-order chi connectivity index (χ1) is 19.9. The summed E-state index contributed by atoms with van der Waals surface area (Å²) < 4.78 is 49.1. The van der Waals surface area contributed by atoms with Crippen LogP contribution in [0.3, 0.4) is 0 Å². The van der Waals surface area contributed by atoms with Crippen LogP contribution in [0.4, 0.5) is 16.2 Å². The fourth-order valence-electron chi connectivity index (χ4n) is 5.74. The van der Waals surface area contributed by atoms with Crippen LogP contribution >= 0.6 is 16.4 Å². The Balaban J connectivity index is 1.32. The molecule has 42 heavy (non-hydrogen) atoms. The van der Waals surface area contributed by atoms with Crippen LogP contribution in [0.2, 0.25) is 0 Å². The Morgan fingerprint density at radius 3 is 2.79 bits per heavy atom. The molecule has 3 aliphatic rings. The molecule has 0 radical (unpaired) electrons. The van der Waals surface area contributed by atoms with Crippen LogP contribution in [0, 0.1) is 5.92 Å². The van der Waals surface area contributed by atoms with Crippen molar-refractivity contribution in [3.63, 3.8) is 0 Å². The first-order valence-electron chi connectivity index (χ1n) is 12.7. The average molecular weight is 626 g/mol. The Morgan fingerprint density at radius 1 is 1.21 bits per heavy atom. The van der Waals surface area contributed by atoms with Crippen molar-refractivity contribution in [2.75, 3.05) is 17.6 Å². The molecule has 2 fully saturated rings. The van der Waals surface area contributed by atoms with E-state index in [4.69, 9.17) is 25.3 Å². The number of nitrogen functional groups attached to an aromatic ring is 2. The van der Waals surface area contributed by atoms with Gasteiger partial charge in [-0.05, 0) is 6.16 Å². The molecule has 4 aromatic heterocycles. The average Bonchev–Trinajstić information content (AvgIpc) is 3.61. The van der Waals surface area contributed by atoms with Gasteiger partial charge in [-0.2, -0.15) is 4.98 Å². The molecule has 2 saturated heterocycles. The van der Waals surface area contributed by atoms with E-state index in [1.807, 2.05) is 0 Å². The van der Waals surface area contributed by atoms with E-state index in [0.29, 0.717) is 0 Å². The van der Waals surface area contributed by atoms with Gasteiger partial charge in [-0.25, -0.2) is 28.9 Å². The quantitative estimate of drug-likeness (QED) is 0.153. The number of H-pyrrole nitrogens is 1. The minimum atomic E-state index is -5.27. The number of imidazole rings is 2. The second kappa shape index (κ2) is 9.68. The van der Waals surface area contributed by atoms with Gasteiger partial charge in [0, 0.05) is 11.6 Å². The molecule has 4 aromatic rings. The number of fused-ring (bicyclic) bond motifs is 9. The second-order valence-corrected chi connectivity index (χ2v) is 13.4. The molecule has 0 aliphatic carbocycles. The number of phosphoric acid groups is 1. The van der Waals surface area contributed by atoms with Crippen molar-refractivity contribution >= 4 is 50.5 Å². The van der Waals surface area contributed by atoms with Gasteiger partial charge in [0.25, 0.3) is 5.56 Å². The summed E-state index contributed by atoms with van der Waals surface area (Å²) in [5, 5.41) is 22.5. The minimum absolute atomic E-state index is 0.0535. The van der Waals surface area contributed by atoms with Gasteiger partial charge in [-0.1, -0.05) is 6.92 Å². The highest BCUT2D eigenvalue weighted by molar-refractivity contribution is 7.47. The molecule has 8 N–H and O–H groups in total. The van der Waals surface area contributed by atoms with Gasteiger partial charge in [-0.15, -0.1) is 8.58 Å². The summed E-state index contributed by atoms with van der Waals surface area (Å²) in [6.07, 6.45) is -8.09. The van der Waals surface area contributed by atoms with Crippen molar-refractivity contribution < 1.29 is 37.8 Å². The lowest BCUT2D eigenvalue weighted by molar-refractivity contribution is -0.118.